The molecule has 10 heteroatoms. The number of aliphatic hydroxyl groups is 1. The van der Waals surface area contributed by atoms with Gasteiger partial charge in [0.2, 0.25) is 0 Å². The van der Waals surface area contributed by atoms with Gasteiger partial charge in [-0.15, -0.1) is 0 Å². The van der Waals surface area contributed by atoms with Gasteiger partial charge in [-0.3, -0.25) is 4.79 Å². The molecule has 2 aliphatic rings. The zero-order valence-corrected chi connectivity index (χ0v) is 43.9. The molecule has 0 saturated carbocycles. The summed E-state index contributed by atoms with van der Waals surface area (Å²) < 4.78 is 13.0. The van der Waals surface area contributed by atoms with Gasteiger partial charge in [-0.1, -0.05) is 145 Å². The lowest BCUT2D eigenvalue weighted by molar-refractivity contribution is 0.0686. The van der Waals surface area contributed by atoms with Crippen molar-refractivity contribution in [3.63, 3.8) is 0 Å². The van der Waals surface area contributed by atoms with E-state index in [1.54, 1.807) is 54.6 Å². The zero-order chi connectivity index (χ0) is 52.8. The van der Waals surface area contributed by atoms with E-state index in [1.807, 2.05) is 54.6 Å². The van der Waals surface area contributed by atoms with Crippen LogP contribution in [0.15, 0.2) is 146 Å². The average Bonchev–Trinajstić information content (AvgIpc) is 3.41. The predicted molar refractivity (Wildman–Crippen MR) is 298 cm³/mol. The van der Waals surface area contributed by atoms with E-state index in [0.717, 1.165) is 114 Å². The van der Waals surface area contributed by atoms with Crippen LogP contribution in [0.1, 0.15) is 156 Å². The molecule has 74 heavy (non-hydrogen) atoms. The number of nitrogens with zero attached hydrogens (tertiary/aromatic N) is 2. The topological polar surface area (TPSA) is 137 Å². The molecule has 2 aliphatic heterocycles. The standard InChI is InChI=1S/C32H37NO4.C32H35NO4/c2*1-32(2,3)27-20-26(29(34)17-14-23-12-15-25(16-13-23)31(35)36)21-28(33-18-8-5-9-19-33)30(27)37-22-24-10-6-4-7-11-24/h4,6-7,10-17,20-21,29,34H,5,8-9,18-19,22H2,1-3H3,(H,35,36);4,6-7,10-17,20-21H,5,8-9,18-19,22H2,1-3H3,(H,35,36)/b2*17-14+. The van der Waals surface area contributed by atoms with E-state index in [0.29, 0.717) is 18.8 Å². The Hall–Kier alpha value is -7.43. The van der Waals surface area contributed by atoms with E-state index in [9.17, 15) is 19.5 Å². The Labute approximate surface area is 437 Å². The van der Waals surface area contributed by atoms with Gasteiger partial charge >= 0.3 is 11.9 Å². The van der Waals surface area contributed by atoms with Crippen molar-refractivity contribution in [3.05, 3.63) is 201 Å². The number of ether oxygens (including phenoxy) is 2. The maximum absolute atomic E-state index is 13.4. The number of carbonyl (C=O) groups is 3. The molecule has 2 fully saturated rings. The first-order valence-corrected chi connectivity index (χ1v) is 25.9. The van der Waals surface area contributed by atoms with E-state index in [-0.39, 0.29) is 27.7 Å². The molecule has 2 heterocycles. The smallest absolute Gasteiger partial charge is 0.335 e. The first kappa shape index (κ1) is 54.3. The molecular weight excluding hydrogens is 925 g/mol. The van der Waals surface area contributed by atoms with Crippen molar-refractivity contribution in [2.75, 3.05) is 36.0 Å². The average molecular weight is 997 g/mol. The molecule has 0 bridgehead atoms. The summed E-state index contributed by atoms with van der Waals surface area (Å²) in [6, 6.07) is 41.5. The van der Waals surface area contributed by atoms with Crippen molar-refractivity contribution in [3.8, 4) is 11.5 Å². The quantitative estimate of drug-likeness (QED) is 0.0635. The first-order chi connectivity index (χ1) is 35.4. The highest BCUT2D eigenvalue weighted by Crippen LogP contribution is 2.44. The zero-order valence-electron chi connectivity index (χ0n) is 43.9. The minimum atomic E-state index is -0.971. The van der Waals surface area contributed by atoms with Gasteiger partial charge in [-0.05, 0) is 132 Å². The van der Waals surface area contributed by atoms with Crippen LogP contribution in [0.2, 0.25) is 0 Å². The molecule has 0 radical (unpaired) electrons. The Morgan fingerprint density at radius 3 is 1.38 bits per heavy atom. The third-order valence-corrected chi connectivity index (χ3v) is 13.5. The Balaban J connectivity index is 0.000000216. The molecule has 0 spiro atoms. The number of piperidine rings is 2. The largest absolute Gasteiger partial charge is 0.486 e. The highest BCUT2D eigenvalue weighted by atomic mass is 16.5. The summed E-state index contributed by atoms with van der Waals surface area (Å²) in [5.41, 5.74) is 9.39. The second-order valence-electron chi connectivity index (χ2n) is 21.3. The lowest BCUT2D eigenvalue weighted by Crippen LogP contribution is -2.31. The fraction of sp³-hybridized carbons (Fsp3) is 0.328. The van der Waals surface area contributed by atoms with Gasteiger partial charge in [0.15, 0.2) is 5.78 Å². The Kier molecular flexibility index (Phi) is 18.4. The van der Waals surface area contributed by atoms with Crippen LogP contribution in [0.4, 0.5) is 11.4 Å². The number of carboxylic acid groups (broad SMARTS) is 2. The molecule has 0 aromatic heterocycles. The molecule has 2 saturated heterocycles. The van der Waals surface area contributed by atoms with Crippen LogP contribution in [0, 0.1) is 0 Å². The monoisotopic (exact) mass is 997 g/mol. The van der Waals surface area contributed by atoms with Crippen molar-refractivity contribution >= 4 is 41.2 Å². The van der Waals surface area contributed by atoms with Crippen LogP contribution in [0.5, 0.6) is 11.5 Å². The van der Waals surface area contributed by atoms with E-state index >= 15 is 0 Å². The molecule has 3 N–H and O–H groups in total. The van der Waals surface area contributed by atoms with Crippen LogP contribution in [-0.4, -0.2) is 59.2 Å². The number of allylic oxidation sites excluding steroid dienone is 1. The number of anilines is 2. The second-order valence-corrected chi connectivity index (χ2v) is 21.3. The van der Waals surface area contributed by atoms with Crippen LogP contribution in [-0.2, 0) is 24.0 Å². The maximum atomic E-state index is 13.4. The van der Waals surface area contributed by atoms with Crippen LogP contribution >= 0.6 is 0 Å². The van der Waals surface area contributed by atoms with E-state index < -0.39 is 18.0 Å². The van der Waals surface area contributed by atoms with Crippen LogP contribution in [0.3, 0.4) is 0 Å². The number of rotatable bonds is 16. The van der Waals surface area contributed by atoms with Gasteiger partial charge in [-0.2, -0.15) is 0 Å². The number of aromatic carboxylic acids is 2. The fourth-order valence-corrected chi connectivity index (χ4v) is 9.23. The molecule has 0 aliphatic carbocycles. The lowest BCUT2D eigenvalue weighted by Gasteiger charge is -2.34. The summed E-state index contributed by atoms with van der Waals surface area (Å²) in [4.78, 5) is 40.3. The summed E-state index contributed by atoms with van der Waals surface area (Å²) >= 11 is 0. The lowest BCUT2D eigenvalue weighted by atomic mass is 9.83. The van der Waals surface area contributed by atoms with E-state index in [2.05, 4.69) is 87.7 Å². The van der Waals surface area contributed by atoms with Crippen molar-refractivity contribution in [1.29, 1.82) is 0 Å². The Morgan fingerprint density at radius 1 is 0.527 bits per heavy atom. The fourth-order valence-electron chi connectivity index (χ4n) is 9.23. The third-order valence-electron chi connectivity index (χ3n) is 13.5. The molecule has 1 unspecified atom stereocenters. The summed E-state index contributed by atoms with van der Waals surface area (Å²) in [5.74, 6) is -0.280. The minimum absolute atomic E-state index is 0.0966. The SMILES string of the molecule is CC(C)(C)c1cc(C(=O)/C=C/c2ccc(C(=O)O)cc2)cc(N2CCCCC2)c1OCc1ccccc1.CC(C)(C)c1cc(C(O)/C=C/c2ccc(C(=O)O)cc2)cc(N2CCCCC2)c1OCc1ccccc1. The molecule has 8 rings (SSSR count). The molecule has 10 nitrogen and oxygen atoms in total. The summed E-state index contributed by atoms with van der Waals surface area (Å²) in [6.07, 6.45) is 13.0. The normalized spacial score (nSPS) is 14.6. The van der Waals surface area contributed by atoms with Crippen molar-refractivity contribution in [2.45, 2.75) is 110 Å². The highest BCUT2D eigenvalue weighted by molar-refractivity contribution is 6.08. The highest BCUT2D eigenvalue weighted by Gasteiger charge is 2.29. The summed E-state index contributed by atoms with van der Waals surface area (Å²) in [6.45, 7) is 17.7. The minimum Gasteiger partial charge on any atom is -0.486 e. The number of hydrogen-bond donors (Lipinski definition) is 3. The van der Waals surface area contributed by atoms with Gasteiger partial charge in [0.25, 0.3) is 0 Å². The van der Waals surface area contributed by atoms with Gasteiger partial charge in [0.05, 0.1) is 28.6 Å². The molecular formula is C64H72N2O8. The Bertz CT molecular complexity index is 2880. The second kappa shape index (κ2) is 25.0. The first-order valence-electron chi connectivity index (χ1n) is 25.9. The number of benzene rings is 6. The number of carboxylic acids is 2. The van der Waals surface area contributed by atoms with E-state index in [4.69, 9.17) is 19.7 Å². The van der Waals surface area contributed by atoms with Crippen molar-refractivity contribution in [2.24, 2.45) is 0 Å². The summed E-state index contributed by atoms with van der Waals surface area (Å²) in [7, 11) is 0. The molecule has 6 aromatic rings. The van der Waals surface area contributed by atoms with Gasteiger partial charge in [-0.25, -0.2) is 9.59 Å². The molecule has 1 atom stereocenters. The number of aliphatic hydroxyl groups excluding tert-OH is 1. The van der Waals surface area contributed by atoms with Crippen molar-refractivity contribution in [1.82, 2.24) is 0 Å². The predicted octanol–water partition coefficient (Wildman–Crippen LogP) is 14.1. The maximum Gasteiger partial charge on any atom is 0.335 e. The number of carbonyl (C=O) groups excluding carboxylic acids is 1. The summed E-state index contributed by atoms with van der Waals surface area (Å²) in [5, 5.41) is 29.4. The number of hydrogen-bond acceptors (Lipinski definition) is 8. The van der Waals surface area contributed by atoms with Gasteiger partial charge in [0, 0.05) is 42.9 Å². The third kappa shape index (κ3) is 14.8. The van der Waals surface area contributed by atoms with Crippen molar-refractivity contribution < 1.29 is 39.2 Å². The molecule has 6 aromatic carbocycles. The van der Waals surface area contributed by atoms with Crippen LogP contribution < -0.4 is 19.3 Å². The van der Waals surface area contributed by atoms with Gasteiger partial charge in [0.1, 0.15) is 24.7 Å². The number of ketones is 1. The van der Waals surface area contributed by atoms with Gasteiger partial charge < -0.3 is 34.6 Å². The van der Waals surface area contributed by atoms with E-state index in [1.165, 1.54) is 25.0 Å². The Morgan fingerprint density at radius 2 is 0.946 bits per heavy atom. The van der Waals surface area contributed by atoms with Crippen LogP contribution in [0.25, 0.3) is 12.2 Å². The molecule has 0 amide bonds. The molecule has 386 valence electrons.